The van der Waals surface area contributed by atoms with Gasteiger partial charge in [0, 0.05) is 32.7 Å². The summed E-state index contributed by atoms with van der Waals surface area (Å²) in [5.41, 5.74) is 5.84. The number of nitrogens with zero attached hydrogens (tertiary/aromatic N) is 3. The smallest absolute Gasteiger partial charge is 0.191 e. The van der Waals surface area contributed by atoms with Gasteiger partial charge in [0.2, 0.25) is 0 Å². The van der Waals surface area contributed by atoms with Crippen molar-refractivity contribution in [2.24, 2.45) is 10.7 Å². The normalized spacial score (nSPS) is 22.9. The maximum Gasteiger partial charge on any atom is 0.191 e. The van der Waals surface area contributed by atoms with Crippen LogP contribution in [-0.2, 0) is 0 Å². The van der Waals surface area contributed by atoms with Crippen molar-refractivity contribution >= 4 is 5.96 Å². The first-order valence-electron chi connectivity index (χ1n) is 5.78. The van der Waals surface area contributed by atoms with E-state index >= 15 is 0 Å². The van der Waals surface area contributed by atoms with Gasteiger partial charge in [0.05, 0.1) is 6.54 Å². The van der Waals surface area contributed by atoms with Gasteiger partial charge in [-0.25, -0.2) is 0 Å². The molecule has 0 atom stereocenters. The highest BCUT2D eigenvalue weighted by Gasteiger charge is 2.15. The molecule has 0 aromatic rings. The molecule has 0 aromatic heterocycles. The van der Waals surface area contributed by atoms with E-state index in [2.05, 4.69) is 26.9 Å². The molecular formula is C11H20N4. The van der Waals surface area contributed by atoms with E-state index in [0.717, 1.165) is 45.2 Å². The zero-order chi connectivity index (χ0) is 10.5. The van der Waals surface area contributed by atoms with Gasteiger partial charge in [-0.2, -0.15) is 0 Å². The average Bonchev–Trinajstić information content (AvgIpc) is 2.16. The first-order valence-corrected chi connectivity index (χ1v) is 5.78. The zero-order valence-electron chi connectivity index (χ0n) is 9.23. The zero-order valence-corrected chi connectivity index (χ0v) is 9.23. The molecule has 4 heteroatoms. The van der Waals surface area contributed by atoms with Crippen molar-refractivity contribution in [3.8, 4) is 0 Å². The quantitative estimate of drug-likeness (QED) is 0.411. The molecule has 1 fully saturated rings. The van der Waals surface area contributed by atoms with Crippen molar-refractivity contribution in [1.82, 2.24) is 9.80 Å². The molecule has 2 aliphatic rings. The van der Waals surface area contributed by atoms with E-state index in [-0.39, 0.29) is 0 Å². The Kier molecular flexibility index (Phi) is 3.61. The van der Waals surface area contributed by atoms with E-state index < -0.39 is 0 Å². The second-order valence-corrected chi connectivity index (χ2v) is 4.14. The SMILES string of the molecule is NC(=NCCN1CC=CCC1)N1CCC1. The summed E-state index contributed by atoms with van der Waals surface area (Å²) in [5.74, 6) is 0.730. The minimum Gasteiger partial charge on any atom is -0.370 e. The second-order valence-electron chi connectivity index (χ2n) is 4.14. The van der Waals surface area contributed by atoms with Crippen LogP contribution in [0.4, 0.5) is 0 Å². The first-order chi connectivity index (χ1) is 7.36. The number of likely N-dealkylation sites (tertiary alicyclic amines) is 1. The van der Waals surface area contributed by atoms with E-state index in [1.807, 2.05) is 0 Å². The van der Waals surface area contributed by atoms with E-state index in [1.54, 1.807) is 0 Å². The molecule has 84 valence electrons. The topological polar surface area (TPSA) is 44.9 Å². The Labute approximate surface area is 91.4 Å². The van der Waals surface area contributed by atoms with Gasteiger partial charge in [0.15, 0.2) is 5.96 Å². The number of hydrogen-bond donors (Lipinski definition) is 1. The third-order valence-electron chi connectivity index (χ3n) is 3.01. The number of aliphatic imine (C=N–C) groups is 1. The molecule has 0 spiro atoms. The van der Waals surface area contributed by atoms with Crippen LogP contribution < -0.4 is 5.73 Å². The number of hydrogen-bond acceptors (Lipinski definition) is 2. The van der Waals surface area contributed by atoms with E-state index in [4.69, 9.17) is 5.73 Å². The van der Waals surface area contributed by atoms with Crippen LogP contribution in [0.5, 0.6) is 0 Å². The molecule has 0 saturated carbocycles. The molecule has 0 aromatic carbocycles. The van der Waals surface area contributed by atoms with Crippen molar-refractivity contribution < 1.29 is 0 Å². The van der Waals surface area contributed by atoms with Gasteiger partial charge in [0.25, 0.3) is 0 Å². The minimum atomic E-state index is 0.730. The predicted molar refractivity (Wildman–Crippen MR) is 62.9 cm³/mol. The van der Waals surface area contributed by atoms with Crippen LogP contribution in [0, 0.1) is 0 Å². The maximum absolute atomic E-state index is 5.84. The van der Waals surface area contributed by atoms with Crippen molar-refractivity contribution in [1.29, 1.82) is 0 Å². The summed E-state index contributed by atoms with van der Waals surface area (Å²) < 4.78 is 0. The summed E-state index contributed by atoms with van der Waals surface area (Å²) in [6.07, 6.45) is 6.90. The lowest BCUT2D eigenvalue weighted by Crippen LogP contribution is -2.46. The molecule has 0 aliphatic carbocycles. The Morgan fingerprint density at radius 1 is 1.27 bits per heavy atom. The van der Waals surface area contributed by atoms with Crippen LogP contribution in [0.15, 0.2) is 17.1 Å². The molecule has 2 rings (SSSR count). The Balaban J connectivity index is 1.66. The molecule has 1 saturated heterocycles. The van der Waals surface area contributed by atoms with Crippen LogP contribution in [-0.4, -0.2) is 55.0 Å². The third kappa shape index (κ3) is 2.96. The van der Waals surface area contributed by atoms with Gasteiger partial charge >= 0.3 is 0 Å². The fourth-order valence-corrected chi connectivity index (χ4v) is 1.84. The van der Waals surface area contributed by atoms with Gasteiger partial charge < -0.3 is 10.6 Å². The monoisotopic (exact) mass is 208 g/mol. The lowest BCUT2D eigenvalue weighted by atomic mass is 10.2. The van der Waals surface area contributed by atoms with Crippen LogP contribution in [0.2, 0.25) is 0 Å². The molecule has 0 unspecified atom stereocenters. The molecule has 2 N–H and O–H groups in total. The number of rotatable bonds is 3. The largest absolute Gasteiger partial charge is 0.370 e. The van der Waals surface area contributed by atoms with Crippen molar-refractivity contribution in [3.05, 3.63) is 12.2 Å². The Bertz CT molecular complexity index is 255. The fourth-order valence-electron chi connectivity index (χ4n) is 1.84. The summed E-state index contributed by atoms with van der Waals surface area (Å²) in [7, 11) is 0. The maximum atomic E-state index is 5.84. The molecule has 0 radical (unpaired) electrons. The third-order valence-corrected chi connectivity index (χ3v) is 3.01. The highest BCUT2D eigenvalue weighted by molar-refractivity contribution is 5.78. The van der Waals surface area contributed by atoms with Gasteiger partial charge in [-0.15, -0.1) is 0 Å². The summed E-state index contributed by atoms with van der Waals surface area (Å²) in [6.45, 7) is 6.26. The van der Waals surface area contributed by atoms with E-state index in [1.165, 1.54) is 12.8 Å². The standard InChI is InChI=1S/C11H20N4/c12-11(15-8-4-9-15)13-5-10-14-6-2-1-3-7-14/h1-2H,3-10H2,(H2,12,13). The highest BCUT2D eigenvalue weighted by atomic mass is 15.3. The van der Waals surface area contributed by atoms with E-state index in [0.29, 0.717) is 0 Å². The molecule has 15 heavy (non-hydrogen) atoms. The molecule has 0 bridgehead atoms. The molecule has 0 amide bonds. The molecule has 2 heterocycles. The summed E-state index contributed by atoms with van der Waals surface area (Å²) in [4.78, 5) is 8.94. The average molecular weight is 208 g/mol. The first kappa shape index (κ1) is 10.5. The molecule has 2 aliphatic heterocycles. The fraction of sp³-hybridized carbons (Fsp3) is 0.727. The van der Waals surface area contributed by atoms with Crippen LogP contribution in [0.1, 0.15) is 12.8 Å². The lowest BCUT2D eigenvalue weighted by Gasteiger charge is -2.32. The van der Waals surface area contributed by atoms with Crippen molar-refractivity contribution in [2.75, 3.05) is 39.3 Å². The van der Waals surface area contributed by atoms with Gasteiger partial charge in [-0.05, 0) is 12.8 Å². The van der Waals surface area contributed by atoms with Gasteiger partial charge in [-0.3, -0.25) is 9.89 Å². The van der Waals surface area contributed by atoms with Crippen molar-refractivity contribution in [3.63, 3.8) is 0 Å². The van der Waals surface area contributed by atoms with E-state index in [9.17, 15) is 0 Å². The Hall–Kier alpha value is -1.03. The van der Waals surface area contributed by atoms with Crippen LogP contribution in [0.25, 0.3) is 0 Å². The van der Waals surface area contributed by atoms with Crippen molar-refractivity contribution in [2.45, 2.75) is 12.8 Å². The van der Waals surface area contributed by atoms with Gasteiger partial charge in [0.1, 0.15) is 0 Å². The summed E-state index contributed by atoms with van der Waals surface area (Å²) in [5, 5.41) is 0. The van der Waals surface area contributed by atoms with Gasteiger partial charge in [-0.1, -0.05) is 12.2 Å². The van der Waals surface area contributed by atoms with Crippen LogP contribution in [0.3, 0.4) is 0 Å². The highest BCUT2D eigenvalue weighted by Crippen LogP contribution is 2.04. The predicted octanol–water partition coefficient (Wildman–Crippen LogP) is 0.269. The second kappa shape index (κ2) is 5.16. The van der Waals surface area contributed by atoms with Crippen LogP contribution >= 0.6 is 0 Å². The Morgan fingerprint density at radius 3 is 2.73 bits per heavy atom. The molecule has 4 nitrogen and oxygen atoms in total. The minimum absolute atomic E-state index is 0.730. The Morgan fingerprint density at radius 2 is 2.13 bits per heavy atom. The number of nitrogens with two attached hydrogens (primary N) is 1. The number of guanidine groups is 1. The molecular weight excluding hydrogens is 188 g/mol. The summed E-state index contributed by atoms with van der Waals surface area (Å²) in [6, 6.07) is 0. The summed E-state index contributed by atoms with van der Waals surface area (Å²) >= 11 is 0. The lowest BCUT2D eigenvalue weighted by molar-refractivity contribution is 0.290.